The van der Waals surface area contributed by atoms with E-state index in [1.165, 1.54) is 6.21 Å². The first-order chi connectivity index (χ1) is 13.9. The number of hydrogen-bond donors (Lipinski definition) is 2. The molecule has 0 bridgehead atoms. The average Bonchev–Trinajstić information content (AvgIpc) is 2.71. The summed E-state index contributed by atoms with van der Waals surface area (Å²) in [4.78, 5) is 24.4. The van der Waals surface area contributed by atoms with Crippen LogP contribution in [0, 0.1) is 0 Å². The first kappa shape index (κ1) is 20.9. The van der Waals surface area contributed by atoms with Crippen molar-refractivity contribution in [2.24, 2.45) is 5.10 Å². The molecule has 0 unspecified atom stereocenters. The van der Waals surface area contributed by atoms with Gasteiger partial charge in [0.25, 0.3) is 11.8 Å². The van der Waals surface area contributed by atoms with Gasteiger partial charge in [-0.15, -0.1) is 0 Å². The van der Waals surface area contributed by atoms with Gasteiger partial charge in [0.2, 0.25) is 0 Å². The third kappa shape index (κ3) is 5.57. The zero-order chi connectivity index (χ0) is 20.8. The van der Waals surface area contributed by atoms with Gasteiger partial charge < -0.3 is 5.32 Å². The molecule has 0 fully saturated rings. The second-order valence-corrected chi connectivity index (χ2v) is 7.11. The Hall–Kier alpha value is -2.86. The van der Waals surface area contributed by atoms with E-state index in [0.717, 1.165) is 0 Å². The number of carbonyl (C=O) groups excluding carboxylic acids is 2. The fourth-order valence-electron chi connectivity index (χ4n) is 2.37. The van der Waals surface area contributed by atoms with E-state index in [9.17, 15) is 9.59 Å². The number of carbonyl (C=O) groups is 2. The lowest BCUT2D eigenvalue weighted by atomic mass is 10.1. The van der Waals surface area contributed by atoms with Crippen molar-refractivity contribution in [2.45, 2.75) is 0 Å². The Bertz CT molecular complexity index is 1080. The highest BCUT2D eigenvalue weighted by Crippen LogP contribution is 2.22. The molecule has 2 N–H and O–H groups in total. The molecule has 3 aromatic rings. The van der Waals surface area contributed by atoms with E-state index in [1.807, 2.05) is 0 Å². The maximum Gasteiger partial charge on any atom is 0.271 e. The molecule has 0 radical (unpaired) electrons. The lowest BCUT2D eigenvalue weighted by Gasteiger charge is -2.07. The van der Waals surface area contributed by atoms with Gasteiger partial charge in [0, 0.05) is 11.3 Å². The number of nitrogens with zero attached hydrogens (tertiary/aromatic N) is 1. The van der Waals surface area contributed by atoms with Gasteiger partial charge in [0.05, 0.1) is 26.8 Å². The van der Waals surface area contributed by atoms with Crippen molar-refractivity contribution in [1.82, 2.24) is 5.43 Å². The number of nitrogens with one attached hydrogen (secondary N) is 2. The molecule has 3 rings (SSSR count). The lowest BCUT2D eigenvalue weighted by Crippen LogP contribution is -2.18. The molecule has 29 heavy (non-hydrogen) atoms. The van der Waals surface area contributed by atoms with Crippen molar-refractivity contribution < 1.29 is 9.59 Å². The summed E-state index contributed by atoms with van der Waals surface area (Å²) in [7, 11) is 0. The summed E-state index contributed by atoms with van der Waals surface area (Å²) < 4.78 is 0. The van der Waals surface area contributed by atoms with Gasteiger partial charge in [0.15, 0.2) is 0 Å². The molecule has 3 aromatic carbocycles. The Kier molecular flexibility index (Phi) is 6.88. The Morgan fingerprint density at radius 2 is 1.52 bits per heavy atom. The third-order valence-corrected chi connectivity index (χ3v) is 4.92. The first-order valence-electron chi connectivity index (χ1n) is 8.38. The second-order valence-electron chi connectivity index (χ2n) is 5.88. The molecule has 5 nitrogen and oxygen atoms in total. The molecule has 0 aromatic heterocycles. The fraction of sp³-hybridized carbons (Fsp3) is 0. The summed E-state index contributed by atoms with van der Waals surface area (Å²) in [5.74, 6) is -0.732. The molecule has 0 aliphatic carbocycles. The number of rotatable bonds is 5. The molecule has 0 saturated carbocycles. The molecule has 2 amide bonds. The van der Waals surface area contributed by atoms with Crippen LogP contribution in [0.5, 0.6) is 0 Å². The zero-order valence-corrected chi connectivity index (χ0v) is 17.1. The Morgan fingerprint density at radius 3 is 2.21 bits per heavy atom. The summed E-state index contributed by atoms with van der Waals surface area (Å²) >= 11 is 17.8. The van der Waals surface area contributed by atoms with Crippen LogP contribution in [0.2, 0.25) is 15.1 Å². The highest BCUT2D eigenvalue weighted by molar-refractivity contribution is 6.42. The van der Waals surface area contributed by atoms with Crippen LogP contribution in [0.25, 0.3) is 0 Å². The predicted molar refractivity (Wildman–Crippen MR) is 117 cm³/mol. The average molecular weight is 447 g/mol. The van der Waals surface area contributed by atoms with Gasteiger partial charge in [0.1, 0.15) is 0 Å². The van der Waals surface area contributed by atoms with Crippen LogP contribution >= 0.6 is 34.8 Å². The molecule has 146 valence electrons. The zero-order valence-electron chi connectivity index (χ0n) is 14.8. The van der Waals surface area contributed by atoms with Crippen molar-refractivity contribution in [3.05, 3.63) is 98.5 Å². The molecule has 0 saturated heterocycles. The minimum atomic E-state index is -0.398. The topological polar surface area (TPSA) is 70.6 Å². The van der Waals surface area contributed by atoms with Crippen molar-refractivity contribution in [2.75, 3.05) is 5.32 Å². The Balaban J connectivity index is 1.60. The summed E-state index contributed by atoms with van der Waals surface area (Å²) in [6.45, 7) is 0. The maximum atomic E-state index is 12.3. The van der Waals surface area contributed by atoms with Crippen molar-refractivity contribution in [1.29, 1.82) is 0 Å². The van der Waals surface area contributed by atoms with E-state index in [4.69, 9.17) is 34.8 Å². The third-order valence-electron chi connectivity index (χ3n) is 3.85. The quantitative estimate of drug-likeness (QED) is 0.392. The summed E-state index contributed by atoms with van der Waals surface area (Å²) in [5, 5.41) is 7.83. The summed E-state index contributed by atoms with van der Waals surface area (Å²) in [6, 6.07) is 18.1. The van der Waals surface area contributed by atoms with Crippen LogP contribution in [-0.4, -0.2) is 18.0 Å². The minimum Gasteiger partial charge on any atom is -0.322 e. The van der Waals surface area contributed by atoms with E-state index in [2.05, 4.69) is 15.8 Å². The Morgan fingerprint density at radius 1 is 0.793 bits per heavy atom. The van der Waals surface area contributed by atoms with Gasteiger partial charge in [-0.05, 0) is 54.1 Å². The van der Waals surface area contributed by atoms with Gasteiger partial charge in [-0.3, -0.25) is 9.59 Å². The van der Waals surface area contributed by atoms with Gasteiger partial charge in [-0.1, -0.05) is 53.0 Å². The maximum absolute atomic E-state index is 12.3. The second kappa shape index (κ2) is 9.56. The monoisotopic (exact) mass is 445 g/mol. The molecule has 0 spiro atoms. The first-order valence-corrected chi connectivity index (χ1v) is 9.52. The van der Waals surface area contributed by atoms with E-state index in [-0.39, 0.29) is 5.91 Å². The van der Waals surface area contributed by atoms with Crippen LogP contribution < -0.4 is 10.7 Å². The van der Waals surface area contributed by atoms with Gasteiger partial charge in [-0.2, -0.15) is 5.10 Å². The molecule has 0 atom stereocenters. The number of halogens is 3. The van der Waals surface area contributed by atoms with Crippen LogP contribution in [0.4, 0.5) is 5.69 Å². The molecule has 0 heterocycles. The number of hydrogen-bond acceptors (Lipinski definition) is 3. The van der Waals surface area contributed by atoms with E-state index >= 15 is 0 Å². The van der Waals surface area contributed by atoms with Gasteiger partial charge in [-0.25, -0.2) is 5.43 Å². The van der Waals surface area contributed by atoms with E-state index in [0.29, 0.717) is 37.4 Å². The molecule has 0 aliphatic rings. The highest BCUT2D eigenvalue weighted by atomic mass is 35.5. The highest BCUT2D eigenvalue weighted by Gasteiger charge is 2.10. The molecular weight excluding hydrogens is 433 g/mol. The van der Waals surface area contributed by atoms with Crippen molar-refractivity contribution >= 4 is 58.5 Å². The van der Waals surface area contributed by atoms with E-state index in [1.54, 1.807) is 66.7 Å². The van der Waals surface area contributed by atoms with Crippen LogP contribution in [0.3, 0.4) is 0 Å². The largest absolute Gasteiger partial charge is 0.322 e. The van der Waals surface area contributed by atoms with Crippen LogP contribution in [-0.2, 0) is 0 Å². The van der Waals surface area contributed by atoms with Gasteiger partial charge >= 0.3 is 0 Å². The van der Waals surface area contributed by atoms with Crippen molar-refractivity contribution in [3.63, 3.8) is 0 Å². The Labute approximate surface area is 182 Å². The number of amides is 2. The normalized spacial score (nSPS) is 10.7. The SMILES string of the molecule is O=C(N/N=C\c1ccc(Cl)c(Cl)c1)c1ccc(NC(=O)c2ccccc2Cl)cc1. The van der Waals surface area contributed by atoms with Crippen molar-refractivity contribution in [3.8, 4) is 0 Å². The lowest BCUT2D eigenvalue weighted by molar-refractivity contribution is 0.0954. The van der Waals surface area contributed by atoms with Crippen LogP contribution in [0.1, 0.15) is 26.3 Å². The number of benzene rings is 3. The summed E-state index contributed by atoms with van der Waals surface area (Å²) in [5.41, 5.74) is 4.40. The predicted octanol–water partition coefficient (Wildman–Crippen LogP) is 5.66. The smallest absolute Gasteiger partial charge is 0.271 e. The summed E-state index contributed by atoms with van der Waals surface area (Å²) in [6.07, 6.45) is 1.46. The molecule has 8 heteroatoms. The minimum absolute atomic E-state index is 0.334. The molecular formula is C21H14Cl3N3O2. The molecule has 0 aliphatic heterocycles. The number of anilines is 1. The fourth-order valence-corrected chi connectivity index (χ4v) is 2.90. The standard InChI is InChI=1S/C21H14Cl3N3O2/c22-17-4-2-1-3-16(17)21(29)26-15-8-6-14(7-9-15)20(28)27-25-12-13-5-10-18(23)19(24)11-13/h1-12H,(H,26,29)(H,27,28)/b25-12-. The van der Waals surface area contributed by atoms with Crippen LogP contribution in [0.15, 0.2) is 71.8 Å². The van der Waals surface area contributed by atoms with E-state index < -0.39 is 5.91 Å². The number of hydrazone groups is 1.